The lowest BCUT2D eigenvalue weighted by Crippen LogP contribution is -2.40. The van der Waals surface area contributed by atoms with Crippen molar-refractivity contribution >= 4 is 39.8 Å². The summed E-state index contributed by atoms with van der Waals surface area (Å²) >= 11 is 0. The number of nitro benzene ring substituents is 1. The van der Waals surface area contributed by atoms with Crippen molar-refractivity contribution in [3.8, 4) is 0 Å². The maximum absolute atomic E-state index is 13.0. The Labute approximate surface area is 183 Å². The van der Waals surface area contributed by atoms with E-state index in [9.17, 15) is 19.7 Å². The monoisotopic (exact) mass is 438 g/mol. The van der Waals surface area contributed by atoms with Crippen molar-refractivity contribution in [1.29, 1.82) is 0 Å². The summed E-state index contributed by atoms with van der Waals surface area (Å²) in [6.07, 6.45) is 0.0384. The molecule has 0 aliphatic carbocycles. The van der Waals surface area contributed by atoms with Gasteiger partial charge in [0.25, 0.3) is 11.6 Å². The number of hydrogen-bond acceptors (Lipinski definition) is 7. The van der Waals surface area contributed by atoms with Crippen LogP contribution in [0, 0.1) is 10.1 Å². The van der Waals surface area contributed by atoms with Gasteiger partial charge in [-0.15, -0.1) is 0 Å². The van der Waals surface area contributed by atoms with Gasteiger partial charge in [0.15, 0.2) is 0 Å². The Morgan fingerprint density at radius 2 is 1.78 bits per heavy atom. The first-order valence-corrected chi connectivity index (χ1v) is 10.2. The standard InChI is InChI=1S/C22H22N4O6/c27-19(9-10-23-16-6-2-3-7-17(16)26(29)30)24-20-15-5-1-4-8-18(15)32-21(20)22(28)25-11-13-31-14-12-25/h1-8,23H,9-14H2,(H,24,27). The molecule has 32 heavy (non-hydrogen) atoms. The lowest BCUT2D eigenvalue weighted by Gasteiger charge is -2.26. The highest BCUT2D eigenvalue weighted by Crippen LogP contribution is 2.32. The minimum absolute atomic E-state index is 0.0384. The Bertz CT molecular complexity index is 1150. The van der Waals surface area contributed by atoms with Crippen molar-refractivity contribution < 1.29 is 23.7 Å². The molecule has 0 radical (unpaired) electrons. The number of furan rings is 1. The number of fused-ring (bicyclic) bond motifs is 1. The number of carbonyl (C=O) groups excluding carboxylic acids is 2. The number of ether oxygens (including phenoxy) is 1. The van der Waals surface area contributed by atoms with Crippen molar-refractivity contribution in [2.45, 2.75) is 6.42 Å². The summed E-state index contributed by atoms with van der Waals surface area (Å²) in [5, 5.41) is 17.5. The van der Waals surface area contributed by atoms with Crippen LogP contribution in [0.3, 0.4) is 0 Å². The largest absolute Gasteiger partial charge is 0.449 e. The van der Waals surface area contributed by atoms with Crippen LogP contribution < -0.4 is 10.6 Å². The van der Waals surface area contributed by atoms with Crippen LogP contribution >= 0.6 is 0 Å². The number of rotatable bonds is 7. The molecule has 2 heterocycles. The number of nitrogens with zero attached hydrogens (tertiary/aromatic N) is 2. The molecule has 2 amide bonds. The zero-order valence-corrected chi connectivity index (χ0v) is 17.2. The molecule has 1 saturated heterocycles. The molecule has 0 saturated carbocycles. The Kier molecular flexibility index (Phi) is 6.31. The van der Waals surface area contributed by atoms with Crippen LogP contribution in [0.15, 0.2) is 52.9 Å². The van der Waals surface area contributed by atoms with Crippen molar-refractivity contribution in [2.24, 2.45) is 0 Å². The molecule has 3 aromatic rings. The smallest absolute Gasteiger partial charge is 0.292 e. The Morgan fingerprint density at radius 1 is 1.06 bits per heavy atom. The van der Waals surface area contributed by atoms with Gasteiger partial charge in [-0.25, -0.2) is 0 Å². The zero-order chi connectivity index (χ0) is 22.5. The van der Waals surface area contributed by atoms with Gasteiger partial charge in [-0.2, -0.15) is 0 Å². The summed E-state index contributed by atoms with van der Waals surface area (Å²) in [4.78, 5) is 37.9. The molecule has 1 aliphatic rings. The Hall–Kier alpha value is -3.92. The second-order valence-corrected chi connectivity index (χ2v) is 7.21. The van der Waals surface area contributed by atoms with Crippen molar-refractivity contribution in [3.63, 3.8) is 0 Å². The molecule has 166 valence electrons. The second kappa shape index (κ2) is 9.48. The molecule has 1 fully saturated rings. The van der Waals surface area contributed by atoms with Gasteiger partial charge in [-0.1, -0.05) is 24.3 Å². The maximum Gasteiger partial charge on any atom is 0.292 e. The van der Waals surface area contributed by atoms with Crippen molar-refractivity contribution in [2.75, 3.05) is 43.5 Å². The predicted octanol–water partition coefficient (Wildman–Crippen LogP) is 3.25. The number of nitro groups is 1. The van der Waals surface area contributed by atoms with Crippen LogP contribution in [-0.2, 0) is 9.53 Å². The quantitative estimate of drug-likeness (QED) is 0.428. The topological polar surface area (TPSA) is 127 Å². The van der Waals surface area contributed by atoms with E-state index in [-0.39, 0.29) is 36.2 Å². The maximum atomic E-state index is 13.0. The first kappa shape index (κ1) is 21.3. The van der Waals surface area contributed by atoms with E-state index in [4.69, 9.17) is 9.15 Å². The molecular weight excluding hydrogens is 416 g/mol. The number of carbonyl (C=O) groups is 2. The molecule has 2 aromatic carbocycles. The summed E-state index contributed by atoms with van der Waals surface area (Å²) in [5.74, 6) is -0.579. The molecule has 1 aromatic heterocycles. The van der Waals surface area contributed by atoms with Gasteiger partial charge in [-0.3, -0.25) is 19.7 Å². The minimum atomic E-state index is -0.483. The molecule has 10 nitrogen and oxygen atoms in total. The average molecular weight is 438 g/mol. The van der Waals surface area contributed by atoms with E-state index in [0.29, 0.717) is 48.6 Å². The van der Waals surface area contributed by atoms with E-state index in [0.717, 1.165) is 0 Å². The van der Waals surface area contributed by atoms with Gasteiger partial charge in [-0.05, 0) is 18.2 Å². The van der Waals surface area contributed by atoms with Gasteiger partial charge in [0.2, 0.25) is 11.7 Å². The van der Waals surface area contributed by atoms with E-state index in [1.165, 1.54) is 6.07 Å². The molecule has 0 bridgehead atoms. The number of morpholine rings is 1. The van der Waals surface area contributed by atoms with E-state index in [1.807, 2.05) is 0 Å². The molecule has 0 spiro atoms. The van der Waals surface area contributed by atoms with Crippen LogP contribution in [0.25, 0.3) is 11.0 Å². The Morgan fingerprint density at radius 3 is 2.56 bits per heavy atom. The fourth-order valence-corrected chi connectivity index (χ4v) is 3.53. The first-order chi connectivity index (χ1) is 15.5. The third-order valence-electron chi connectivity index (χ3n) is 5.12. The van der Waals surface area contributed by atoms with E-state index < -0.39 is 4.92 Å². The highest BCUT2D eigenvalue weighted by Gasteiger charge is 2.27. The van der Waals surface area contributed by atoms with Crippen molar-refractivity contribution in [1.82, 2.24) is 4.90 Å². The van der Waals surface area contributed by atoms with Gasteiger partial charge in [0.1, 0.15) is 17.0 Å². The third-order valence-corrected chi connectivity index (χ3v) is 5.12. The summed E-state index contributed by atoms with van der Waals surface area (Å²) in [6, 6.07) is 13.3. The molecule has 1 aliphatic heterocycles. The number of hydrogen-bond donors (Lipinski definition) is 2. The molecule has 2 N–H and O–H groups in total. The lowest BCUT2D eigenvalue weighted by molar-refractivity contribution is -0.384. The Balaban J connectivity index is 1.48. The van der Waals surface area contributed by atoms with Crippen LogP contribution in [-0.4, -0.2) is 54.5 Å². The van der Waals surface area contributed by atoms with Gasteiger partial charge < -0.3 is 24.7 Å². The highest BCUT2D eigenvalue weighted by atomic mass is 16.6. The summed E-state index contributed by atoms with van der Waals surface area (Å²) < 4.78 is 11.1. The van der Waals surface area contributed by atoms with Gasteiger partial charge in [0.05, 0.1) is 18.1 Å². The third kappa shape index (κ3) is 4.54. The summed E-state index contributed by atoms with van der Waals surface area (Å²) in [5.41, 5.74) is 1.10. The fraction of sp³-hybridized carbons (Fsp3) is 0.273. The normalized spacial score (nSPS) is 13.7. The molecular formula is C22H22N4O6. The fourth-order valence-electron chi connectivity index (χ4n) is 3.53. The second-order valence-electron chi connectivity index (χ2n) is 7.21. The first-order valence-electron chi connectivity index (χ1n) is 10.2. The average Bonchev–Trinajstić information content (AvgIpc) is 3.17. The van der Waals surface area contributed by atoms with Crippen LogP contribution in [0.5, 0.6) is 0 Å². The van der Waals surface area contributed by atoms with E-state index in [1.54, 1.807) is 47.4 Å². The number of anilines is 2. The summed E-state index contributed by atoms with van der Waals surface area (Å²) in [7, 11) is 0. The van der Waals surface area contributed by atoms with Crippen LogP contribution in [0.4, 0.5) is 17.1 Å². The van der Waals surface area contributed by atoms with E-state index >= 15 is 0 Å². The van der Waals surface area contributed by atoms with Crippen LogP contribution in [0.1, 0.15) is 17.0 Å². The molecule has 0 unspecified atom stereocenters. The number of para-hydroxylation sites is 3. The van der Waals surface area contributed by atoms with E-state index in [2.05, 4.69) is 10.6 Å². The molecule has 10 heteroatoms. The highest BCUT2D eigenvalue weighted by molar-refractivity contribution is 6.10. The molecule has 0 atom stereocenters. The van der Waals surface area contributed by atoms with Gasteiger partial charge >= 0.3 is 0 Å². The van der Waals surface area contributed by atoms with Crippen LogP contribution in [0.2, 0.25) is 0 Å². The SMILES string of the molecule is O=C(CCNc1ccccc1[N+](=O)[O-])Nc1c(C(=O)N2CCOCC2)oc2ccccc12. The van der Waals surface area contributed by atoms with Gasteiger partial charge in [0, 0.05) is 37.5 Å². The van der Waals surface area contributed by atoms with Crippen molar-refractivity contribution in [3.05, 3.63) is 64.4 Å². The summed E-state index contributed by atoms with van der Waals surface area (Å²) in [6.45, 7) is 1.97. The molecule has 4 rings (SSSR count). The number of amides is 2. The number of benzene rings is 2. The minimum Gasteiger partial charge on any atom is -0.449 e. The lowest BCUT2D eigenvalue weighted by atomic mass is 10.2. The predicted molar refractivity (Wildman–Crippen MR) is 118 cm³/mol. The number of nitrogens with one attached hydrogen (secondary N) is 2. The zero-order valence-electron chi connectivity index (χ0n) is 17.2.